The fourth-order valence-electron chi connectivity index (χ4n) is 3.83. The number of halogens is 2. The number of terminal acetylenes is 1. The first-order valence-electron chi connectivity index (χ1n) is 11.9. The van der Waals surface area contributed by atoms with Crippen LogP contribution in [0.5, 0.6) is 0 Å². The molecule has 0 aliphatic carbocycles. The van der Waals surface area contributed by atoms with Crippen molar-refractivity contribution in [2.75, 3.05) is 37.0 Å². The highest BCUT2D eigenvalue weighted by Crippen LogP contribution is 2.32. The minimum atomic E-state index is -0.692. The normalized spacial score (nSPS) is 13.3. The number of carbonyl (C=O) groups excluding carboxylic acids is 2. The Bertz CT molecular complexity index is 1420. The van der Waals surface area contributed by atoms with E-state index in [0.717, 1.165) is 4.90 Å². The average Bonchev–Trinajstić information content (AvgIpc) is 3.47. The molecule has 1 aliphatic rings. The van der Waals surface area contributed by atoms with Gasteiger partial charge in [0.25, 0.3) is 5.91 Å². The molecule has 1 aliphatic heterocycles. The van der Waals surface area contributed by atoms with Crippen molar-refractivity contribution in [2.45, 2.75) is 12.7 Å². The highest BCUT2D eigenvalue weighted by molar-refractivity contribution is 6.31. The predicted molar refractivity (Wildman–Crippen MR) is 147 cm³/mol. The van der Waals surface area contributed by atoms with E-state index in [-0.39, 0.29) is 34.1 Å². The second kappa shape index (κ2) is 13.0. The van der Waals surface area contributed by atoms with Crippen LogP contribution in [0.15, 0.2) is 59.8 Å². The average molecular weight is 550 g/mol. The van der Waals surface area contributed by atoms with Gasteiger partial charge in [-0.15, -0.1) is 6.42 Å². The summed E-state index contributed by atoms with van der Waals surface area (Å²) < 4.78 is 26.1. The van der Waals surface area contributed by atoms with E-state index in [2.05, 4.69) is 21.3 Å². The number of ether oxygens (including phenoxy) is 2. The van der Waals surface area contributed by atoms with Crippen LogP contribution in [-0.4, -0.2) is 61.6 Å². The first-order valence-corrected chi connectivity index (χ1v) is 12.3. The van der Waals surface area contributed by atoms with Crippen LogP contribution in [-0.2, 0) is 14.3 Å². The number of hydrazone groups is 1. The standard InChI is InChI=1S/C28H25ClFN5O4/c1-3-20-5-4-11-31-27(20)33-28(37)22-16-21(29)7-9-24(22)35(18-36)25-8-6-19(15-23(25)30)17-32-34(2)12-10-26-38-13-14-39-26/h1,4-9,11,15-18,26H,10,12-14H2,2H3,(H,31,33,37). The van der Waals surface area contributed by atoms with Gasteiger partial charge >= 0.3 is 0 Å². The molecule has 1 saturated heterocycles. The molecular formula is C28H25ClFN5O4. The third-order valence-corrected chi connectivity index (χ3v) is 6.01. The highest BCUT2D eigenvalue weighted by Gasteiger charge is 2.22. The van der Waals surface area contributed by atoms with Crippen LogP contribution in [0.4, 0.5) is 21.6 Å². The van der Waals surface area contributed by atoms with Crippen molar-refractivity contribution in [1.29, 1.82) is 0 Å². The summed E-state index contributed by atoms with van der Waals surface area (Å²) in [6, 6.07) is 11.9. The fraction of sp³-hybridized carbons (Fsp3) is 0.214. The number of rotatable bonds is 10. The number of nitrogens with zero attached hydrogens (tertiary/aromatic N) is 4. The number of pyridine rings is 1. The Kier molecular flexibility index (Phi) is 9.22. The molecule has 39 heavy (non-hydrogen) atoms. The summed E-state index contributed by atoms with van der Waals surface area (Å²) >= 11 is 6.15. The van der Waals surface area contributed by atoms with E-state index in [4.69, 9.17) is 27.5 Å². The number of anilines is 3. The molecule has 0 radical (unpaired) electrons. The Morgan fingerprint density at radius 3 is 2.74 bits per heavy atom. The molecule has 0 saturated carbocycles. The third kappa shape index (κ3) is 6.97. The number of hydrogen-bond acceptors (Lipinski definition) is 7. The topological polar surface area (TPSA) is 96.4 Å². The number of nitrogens with one attached hydrogen (secondary N) is 1. The minimum absolute atomic E-state index is 0.0186. The molecule has 2 heterocycles. The van der Waals surface area contributed by atoms with E-state index in [1.807, 2.05) is 0 Å². The van der Waals surface area contributed by atoms with Crippen molar-refractivity contribution in [1.82, 2.24) is 9.99 Å². The summed E-state index contributed by atoms with van der Waals surface area (Å²) in [5.41, 5.74) is 0.917. The second-order valence-electron chi connectivity index (χ2n) is 8.43. The van der Waals surface area contributed by atoms with Gasteiger partial charge in [-0.2, -0.15) is 5.10 Å². The number of carbonyl (C=O) groups is 2. The zero-order valence-corrected chi connectivity index (χ0v) is 21.8. The van der Waals surface area contributed by atoms with Crippen molar-refractivity contribution < 1.29 is 23.5 Å². The number of amides is 2. The van der Waals surface area contributed by atoms with Gasteiger partial charge in [-0.3, -0.25) is 19.5 Å². The largest absolute Gasteiger partial charge is 0.350 e. The summed E-state index contributed by atoms with van der Waals surface area (Å²) in [6.45, 7) is 1.75. The lowest BCUT2D eigenvalue weighted by atomic mass is 10.1. The zero-order chi connectivity index (χ0) is 27.8. The Balaban J connectivity index is 1.54. The molecule has 2 aromatic carbocycles. The lowest BCUT2D eigenvalue weighted by Crippen LogP contribution is -2.22. The number of aromatic nitrogens is 1. The van der Waals surface area contributed by atoms with E-state index in [1.54, 1.807) is 30.3 Å². The Labute approximate surface area is 230 Å². The molecule has 0 bridgehead atoms. The van der Waals surface area contributed by atoms with Crippen molar-refractivity contribution in [3.8, 4) is 12.3 Å². The predicted octanol–water partition coefficient (Wildman–Crippen LogP) is 4.43. The molecule has 9 nitrogen and oxygen atoms in total. The minimum Gasteiger partial charge on any atom is -0.350 e. The van der Waals surface area contributed by atoms with Crippen LogP contribution in [0.3, 0.4) is 0 Å². The van der Waals surface area contributed by atoms with E-state index in [1.165, 1.54) is 42.7 Å². The van der Waals surface area contributed by atoms with Crippen LogP contribution in [0.2, 0.25) is 5.02 Å². The van der Waals surface area contributed by atoms with Gasteiger partial charge in [0.05, 0.1) is 41.9 Å². The summed E-state index contributed by atoms with van der Waals surface area (Å²) in [5, 5.41) is 8.88. The maximum absolute atomic E-state index is 15.2. The lowest BCUT2D eigenvalue weighted by Gasteiger charge is -2.22. The molecule has 1 fully saturated rings. The van der Waals surface area contributed by atoms with Gasteiger partial charge in [0.1, 0.15) is 11.6 Å². The van der Waals surface area contributed by atoms with Crippen LogP contribution >= 0.6 is 11.6 Å². The molecule has 2 amide bonds. The second-order valence-corrected chi connectivity index (χ2v) is 8.87. The monoisotopic (exact) mass is 549 g/mol. The third-order valence-electron chi connectivity index (χ3n) is 5.78. The van der Waals surface area contributed by atoms with Gasteiger partial charge in [0, 0.05) is 31.2 Å². The summed E-state index contributed by atoms with van der Waals surface area (Å²) in [5.74, 6) is 1.29. The maximum atomic E-state index is 15.2. The van der Waals surface area contributed by atoms with Crippen molar-refractivity contribution in [3.63, 3.8) is 0 Å². The van der Waals surface area contributed by atoms with E-state index in [0.29, 0.717) is 43.7 Å². The number of benzene rings is 2. The molecular weight excluding hydrogens is 525 g/mol. The van der Waals surface area contributed by atoms with Gasteiger partial charge in [-0.25, -0.2) is 9.37 Å². The lowest BCUT2D eigenvalue weighted by molar-refractivity contribution is -0.106. The smallest absolute Gasteiger partial charge is 0.259 e. The zero-order valence-electron chi connectivity index (χ0n) is 21.0. The van der Waals surface area contributed by atoms with Crippen LogP contribution < -0.4 is 10.2 Å². The first kappa shape index (κ1) is 27.7. The molecule has 0 unspecified atom stereocenters. The Morgan fingerprint density at radius 2 is 2.03 bits per heavy atom. The maximum Gasteiger partial charge on any atom is 0.259 e. The highest BCUT2D eigenvalue weighted by atomic mass is 35.5. The molecule has 4 rings (SSSR count). The van der Waals surface area contributed by atoms with E-state index in [9.17, 15) is 9.59 Å². The summed E-state index contributed by atoms with van der Waals surface area (Å²) in [7, 11) is 1.79. The van der Waals surface area contributed by atoms with Crippen LogP contribution in [0.25, 0.3) is 0 Å². The molecule has 0 spiro atoms. The van der Waals surface area contributed by atoms with Crippen molar-refractivity contribution in [3.05, 3.63) is 82.3 Å². The van der Waals surface area contributed by atoms with Crippen LogP contribution in [0, 0.1) is 18.2 Å². The number of hydrogen-bond donors (Lipinski definition) is 1. The fourth-order valence-corrected chi connectivity index (χ4v) is 4.00. The SMILES string of the molecule is C#Cc1cccnc1NC(=O)c1cc(Cl)ccc1N(C=O)c1ccc(C=NN(C)CCC2OCCO2)cc1F. The molecule has 11 heteroatoms. The van der Waals surface area contributed by atoms with Crippen LogP contribution in [0.1, 0.15) is 27.9 Å². The first-order chi connectivity index (χ1) is 18.9. The van der Waals surface area contributed by atoms with Crippen molar-refractivity contribution in [2.24, 2.45) is 5.10 Å². The van der Waals surface area contributed by atoms with E-state index < -0.39 is 11.7 Å². The summed E-state index contributed by atoms with van der Waals surface area (Å²) in [4.78, 5) is 30.5. The van der Waals surface area contributed by atoms with E-state index >= 15 is 4.39 Å². The van der Waals surface area contributed by atoms with Gasteiger partial charge in [-0.1, -0.05) is 23.6 Å². The summed E-state index contributed by atoms with van der Waals surface area (Å²) in [6.07, 6.45) is 9.30. The van der Waals surface area contributed by atoms with Crippen molar-refractivity contribution >= 4 is 47.3 Å². The quantitative estimate of drug-likeness (QED) is 0.174. The molecule has 1 aromatic heterocycles. The van der Waals surface area contributed by atoms with Gasteiger partial charge in [0.15, 0.2) is 6.29 Å². The van der Waals surface area contributed by atoms with Gasteiger partial charge in [0.2, 0.25) is 6.41 Å². The molecule has 200 valence electrons. The Hall–Kier alpha value is -4.30. The van der Waals surface area contributed by atoms with Gasteiger partial charge in [-0.05, 0) is 48.0 Å². The van der Waals surface area contributed by atoms with Gasteiger partial charge < -0.3 is 14.8 Å². The Morgan fingerprint density at radius 1 is 1.26 bits per heavy atom. The molecule has 3 aromatic rings. The molecule has 0 atom stereocenters. The molecule has 1 N–H and O–H groups in total.